The van der Waals surface area contributed by atoms with E-state index in [-0.39, 0.29) is 23.2 Å². The minimum absolute atomic E-state index is 0.00825. The predicted octanol–water partition coefficient (Wildman–Crippen LogP) is 5.33. The Balaban J connectivity index is 1.52. The van der Waals surface area contributed by atoms with E-state index in [2.05, 4.69) is 11.7 Å². The number of alkyl halides is 3. The molecule has 4 nitrogen and oxygen atoms in total. The van der Waals surface area contributed by atoms with Gasteiger partial charge >= 0.3 is 18.1 Å². The number of fused-ring (bicyclic) bond motifs is 5. The molecule has 0 spiro atoms. The van der Waals surface area contributed by atoms with Gasteiger partial charge in [-0.2, -0.15) is 13.2 Å². The van der Waals surface area contributed by atoms with Crippen LogP contribution in [0.15, 0.2) is 18.2 Å². The molecule has 5 unspecified atom stereocenters. The van der Waals surface area contributed by atoms with Crippen molar-refractivity contribution in [3.05, 3.63) is 29.3 Å². The Morgan fingerprint density at radius 2 is 1.93 bits per heavy atom. The lowest BCUT2D eigenvalue weighted by molar-refractivity contribution is -0.189. The van der Waals surface area contributed by atoms with Gasteiger partial charge in [-0.15, -0.1) is 0 Å². The lowest BCUT2D eigenvalue weighted by Gasteiger charge is -2.50. The molecule has 0 aliphatic heterocycles. The fraction of sp³-hybridized carbons (Fsp3) is 0.652. The molecule has 2 fully saturated rings. The summed E-state index contributed by atoms with van der Waals surface area (Å²) in [6.07, 6.45) is 0.916. The molecule has 3 aliphatic carbocycles. The van der Waals surface area contributed by atoms with Crippen molar-refractivity contribution in [2.24, 2.45) is 17.3 Å². The molecule has 0 heterocycles. The van der Waals surface area contributed by atoms with Crippen molar-refractivity contribution in [1.82, 2.24) is 0 Å². The van der Waals surface area contributed by atoms with Gasteiger partial charge in [0, 0.05) is 11.8 Å². The molecule has 164 valence electrons. The van der Waals surface area contributed by atoms with Crippen molar-refractivity contribution >= 4 is 11.9 Å². The molecule has 2 saturated carbocycles. The second-order valence-corrected chi connectivity index (χ2v) is 9.12. The van der Waals surface area contributed by atoms with Crippen LogP contribution in [0, 0.1) is 17.3 Å². The molecule has 0 N–H and O–H groups in total. The Bertz CT molecular complexity index is 849. The summed E-state index contributed by atoms with van der Waals surface area (Å²) in [6, 6.07) is 4.89. The van der Waals surface area contributed by atoms with Gasteiger partial charge in [0.2, 0.25) is 0 Å². The molecule has 0 saturated heterocycles. The minimum Gasteiger partial charge on any atom is -0.462 e. The average Bonchev–Trinajstić information content (AvgIpc) is 3.03. The van der Waals surface area contributed by atoms with Crippen LogP contribution in [0.4, 0.5) is 13.2 Å². The van der Waals surface area contributed by atoms with Gasteiger partial charge in [-0.1, -0.05) is 19.9 Å². The zero-order valence-electron chi connectivity index (χ0n) is 17.3. The van der Waals surface area contributed by atoms with E-state index in [4.69, 9.17) is 4.74 Å². The van der Waals surface area contributed by atoms with Crippen molar-refractivity contribution in [3.8, 4) is 5.75 Å². The molecule has 1 aromatic rings. The zero-order valence-corrected chi connectivity index (χ0v) is 17.3. The number of ether oxygens (including phenoxy) is 2. The van der Waals surface area contributed by atoms with Crippen LogP contribution in [0.25, 0.3) is 0 Å². The summed E-state index contributed by atoms with van der Waals surface area (Å²) in [5.41, 5.74) is 2.12. The highest BCUT2D eigenvalue weighted by atomic mass is 19.4. The van der Waals surface area contributed by atoms with Crippen molar-refractivity contribution in [2.45, 2.75) is 77.0 Å². The summed E-state index contributed by atoms with van der Waals surface area (Å²) >= 11 is 0. The summed E-state index contributed by atoms with van der Waals surface area (Å²) in [5.74, 6) is -1.09. The number of halogens is 3. The van der Waals surface area contributed by atoms with E-state index in [1.165, 1.54) is 6.07 Å². The van der Waals surface area contributed by atoms with Gasteiger partial charge in [-0.3, -0.25) is 4.79 Å². The second kappa shape index (κ2) is 7.57. The minimum atomic E-state index is -5.00. The first-order chi connectivity index (χ1) is 14.1. The summed E-state index contributed by atoms with van der Waals surface area (Å²) in [7, 11) is 0. The van der Waals surface area contributed by atoms with E-state index in [9.17, 15) is 22.8 Å². The maximum absolute atomic E-state index is 12.5. The van der Waals surface area contributed by atoms with Crippen LogP contribution >= 0.6 is 0 Å². The molecular formula is C23H27F3O4. The summed E-state index contributed by atoms with van der Waals surface area (Å²) in [4.78, 5) is 23.0. The highest BCUT2D eigenvalue weighted by molar-refractivity contribution is 5.78. The largest absolute Gasteiger partial charge is 0.491 e. The van der Waals surface area contributed by atoms with Crippen LogP contribution in [0.2, 0.25) is 0 Å². The zero-order chi connectivity index (χ0) is 21.7. The first kappa shape index (κ1) is 21.2. The quantitative estimate of drug-likeness (QED) is 0.486. The molecule has 0 radical (unpaired) electrons. The van der Waals surface area contributed by atoms with Crippen molar-refractivity contribution in [2.75, 3.05) is 0 Å². The van der Waals surface area contributed by atoms with Crippen LogP contribution in [0.3, 0.4) is 0 Å². The number of benzene rings is 1. The number of carbonyl (C=O) groups excluding carboxylic acids is 2. The SMILES string of the molecule is CCC(=O)OC1CCC2C3CCc4cc(OC(=O)C(F)(F)F)ccc4C3CCC12C. The van der Waals surface area contributed by atoms with E-state index in [0.717, 1.165) is 49.7 Å². The number of carbonyl (C=O) groups is 2. The number of esters is 2. The van der Waals surface area contributed by atoms with Crippen LogP contribution in [-0.2, 0) is 20.7 Å². The third-order valence-electron chi connectivity index (χ3n) is 7.62. The highest BCUT2D eigenvalue weighted by Gasteiger charge is 2.56. The first-order valence-corrected chi connectivity index (χ1v) is 10.7. The monoisotopic (exact) mass is 424 g/mol. The van der Waals surface area contributed by atoms with Crippen molar-refractivity contribution in [1.29, 1.82) is 0 Å². The molecule has 0 amide bonds. The average molecular weight is 424 g/mol. The fourth-order valence-electron chi connectivity index (χ4n) is 6.17. The number of hydrogen-bond donors (Lipinski definition) is 0. The molecule has 7 heteroatoms. The summed E-state index contributed by atoms with van der Waals surface area (Å²) in [5, 5.41) is 0. The molecule has 5 atom stereocenters. The smallest absolute Gasteiger partial charge is 0.462 e. The molecule has 0 bridgehead atoms. The van der Waals surface area contributed by atoms with Crippen molar-refractivity contribution in [3.63, 3.8) is 0 Å². The Hall–Kier alpha value is -2.05. The Morgan fingerprint density at radius 3 is 2.63 bits per heavy atom. The first-order valence-electron chi connectivity index (χ1n) is 10.7. The Kier molecular flexibility index (Phi) is 5.35. The summed E-state index contributed by atoms with van der Waals surface area (Å²) < 4.78 is 47.7. The number of rotatable bonds is 3. The molecule has 30 heavy (non-hydrogen) atoms. The maximum Gasteiger partial charge on any atom is 0.491 e. The van der Waals surface area contributed by atoms with E-state index >= 15 is 0 Å². The fourth-order valence-corrected chi connectivity index (χ4v) is 6.17. The second-order valence-electron chi connectivity index (χ2n) is 9.12. The van der Waals surface area contributed by atoms with Gasteiger partial charge < -0.3 is 9.47 Å². The van der Waals surface area contributed by atoms with Gasteiger partial charge in [-0.25, -0.2) is 4.79 Å². The van der Waals surface area contributed by atoms with Crippen molar-refractivity contribution < 1.29 is 32.2 Å². The van der Waals surface area contributed by atoms with Gasteiger partial charge in [-0.05, 0) is 79.5 Å². The standard InChI is InChI=1S/C23H27F3O4/c1-3-20(27)30-19-9-8-18-17-6-4-13-12-14(29-21(28)23(24,25)26)5-7-15(13)16(17)10-11-22(18,19)2/h5,7,12,16-19H,3-4,6,8-11H2,1-2H3. The third kappa shape index (κ3) is 3.60. The van der Waals surface area contributed by atoms with E-state index in [1.54, 1.807) is 6.07 Å². The van der Waals surface area contributed by atoms with Crippen LogP contribution in [0.5, 0.6) is 5.75 Å². The molecule has 0 aromatic heterocycles. The Morgan fingerprint density at radius 1 is 1.17 bits per heavy atom. The van der Waals surface area contributed by atoms with Crippen LogP contribution in [-0.4, -0.2) is 24.2 Å². The number of hydrogen-bond acceptors (Lipinski definition) is 4. The lowest BCUT2D eigenvalue weighted by atomic mass is 9.55. The third-order valence-corrected chi connectivity index (χ3v) is 7.62. The van der Waals surface area contributed by atoms with Gasteiger partial charge in [0.1, 0.15) is 11.9 Å². The van der Waals surface area contributed by atoms with Crippen LogP contribution < -0.4 is 4.74 Å². The van der Waals surface area contributed by atoms with Crippen LogP contribution in [0.1, 0.15) is 69.4 Å². The molecule has 1 aromatic carbocycles. The molecule has 4 rings (SSSR count). The van der Waals surface area contributed by atoms with Gasteiger partial charge in [0.05, 0.1) is 0 Å². The van der Waals surface area contributed by atoms with Gasteiger partial charge in [0.25, 0.3) is 0 Å². The summed E-state index contributed by atoms with van der Waals surface area (Å²) in [6.45, 7) is 4.07. The molecular weight excluding hydrogens is 397 g/mol. The normalized spacial score (nSPS) is 32.6. The Labute approximate surface area is 174 Å². The van der Waals surface area contributed by atoms with E-state index in [0.29, 0.717) is 24.2 Å². The molecule has 3 aliphatic rings. The number of aryl methyl sites for hydroxylation is 1. The predicted molar refractivity (Wildman–Crippen MR) is 103 cm³/mol. The van der Waals surface area contributed by atoms with Gasteiger partial charge in [0.15, 0.2) is 0 Å². The lowest BCUT2D eigenvalue weighted by Crippen LogP contribution is -2.45. The highest BCUT2D eigenvalue weighted by Crippen LogP contribution is 2.61. The van der Waals surface area contributed by atoms with E-state index in [1.807, 2.05) is 13.0 Å². The topological polar surface area (TPSA) is 52.6 Å². The maximum atomic E-state index is 12.5. The van der Waals surface area contributed by atoms with E-state index < -0.39 is 12.1 Å².